The first-order valence-corrected chi connectivity index (χ1v) is 25.1. The molecule has 0 fully saturated rings. The molecule has 61 heavy (non-hydrogen) atoms. The number of nitrogen functional groups attached to an aromatic ring is 1. The van der Waals surface area contributed by atoms with E-state index in [1.165, 1.54) is 199 Å². The lowest BCUT2D eigenvalue weighted by atomic mass is 10.0. The first kappa shape index (κ1) is 56.1. The van der Waals surface area contributed by atoms with Gasteiger partial charge in [-0.25, -0.2) is 9.97 Å². The molecule has 0 saturated carbocycles. The van der Waals surface area contributed by atoms with E-state index >= 15 is 0 Å². The molecule has 0 unspecified atom stereocenters. The molecule has 0 saturated heterocycles. The maximum Gasteiger partial charge on any atom is 0.182 e. The van der Waals surface area contributed by atoms with Crippen molar-refractivity contribution in [2.45, 2.75) is 231 Å². The van der Waals surface area contributed by atoms with Crippen LogP contribution in [0.1, 0.15) is 243 Å². The number of ether oxygens (including phenoxy) is 2. The minimum atomic E-state index is -0.296. The average Bonchev–Trinajstić information content (AvgIpc) is 3.92. The highest BCUT2D eigenvalue weighted by atomic mass is 16.5. The van der Waals surface area contributed by atoms with Gasteiger partial charge in [-0.1, -0.05) is 206 Å². The van der Waals surface area contributed by atoms with E-state index in [-0.39, 0.29) is 36.8 Å². The fraction of sp³-hybridized carbons (Fsp3) is 0.840. The zero-order valence-electron chi connectivity index (χ0n) is 39.2. The van der Waals surface area contributed by atoms with Gasteiger partial charge in [-0.3, -0.25) is 0 Å². The van der Waals surface area contributed by atoms with E-state index in [1.54, 1.807) is 21.7 Å². The van der Waals surface area contributed by atoms with E-state index in [0.29, 0.717) is 25.5 Å². The second kappa shape index (κ2) is 42.3. The summed E-state index contributed by atoms with van der Waals surface area (Å²) >= 11 is 0. The van der Waals surface area contributed by atoms with Crippen LogP contribution in [0.3, 0.4) is 0 Å². The SMILES string of the molecule is CCCCCCCCCCCCCCCCCCOC[C@H](CO)n1cnc(C#N)c1.CCCCCCCCCCCCCCCCCCOC[C@H](CO)n1cnc(C#N)c1N. The highest BCUT2D eigenvalue weighted by Crippen LogP contribution is 2.18. The molecule has 350 valence electrons. The molecule has 0 bridgehead atoms. The Morgan fingerprint density at radius 2 is 0.885 bits per heavy atom. The van der Waals surface area contributed by atoms with Crippen LogP contribution in [0.2, 0.25) is 0 Å². The Morgan fingerprint density at radius 1 is 0.525 bits per heavy atom. The Balaban J connectivity index is 0.000000610. The number of hydrogen-bond donors (Lipinski definition) is 3. The summed E-state index contributed by atoms with van der Waals surface area (Å²) in [7, 11) is 0. The highest BCUT2D eigenvalue weighted by Gasteiger charge is 2.16. The van der Waals surface area contributed by atoms with E-state index in [9.17, 15) is 10.2 Å². The molecule has 2 rings (SSSR count). The van der Waals surface area contributed by atoms with Crippen LogP contribution in [0, 0.1) is 22.7 Å². The molecule has 2 atom stereocenters. The van der Waals surface area contributed by atoms with Crippen molar-refractivity contribution in [2.24, 2.45) is 0 Å². The van der Waals surface area contributed by atoms with E-state index in [4.69, 9.17) is 25.7 Å². The quantitative estimate of drug-likeness (QED) is 0.0550. The molecule has 0 aliphatic heterocycles. The van der Waals surface area contributed by atoms with E-state index in [0.717, 1.165) is 19.4 Å². The number of aliphatic hydroxyl groups is 2. The number of rotatable bonds is 42. The van der Waals surface area contributed by atoms with Crippen LogP contribution in [-0.2, 0) is 9.47 Å². The minimum Gasteiger partial charge on any atom is -0.394 e. The number of imidazole rings is 2. The molecule has 0 amide bonds. The Kier molecular flexibility index (Phi) is 38.9. The van der Waals surface area contributed by atoms with Gasteiger partial charge in [-0.05, 0) is 12.8 Å². The van der Waals surface area contributed by atoms with Gasteiger partial charge in [0.05, 0.1) is 51.2 Å². The number of nitrogens with zero attached hydrogens (tertiary/aromatic N) is 6. The predicted molar refractivity (Wildman–Crippen MR) is 251 cm³/mol. The first-order valence-electron chi connectivity index (χ1n) is 25.1. The van der Waals surface area contributed by atoms with Crippen molar-refractivity contribution in [1.82, 2.24) is 19.1 Å². The maximum atomic E-state index is 9.56. The van der Waals surface area contributed by atoms with Crippen LogP contribution < -0.4 is 5.73 Å². The summed E-state index contributed by atoms with van der Waals surface area (Å²) in [6.45, 7) is 6.70. The molecular formula is C50H91N7O4. The van der Waals surface area contributed by atoms with E-state index < -0.39 is 0 Å². The summed E-state index contributed by atoms with van der Waals surface area (Å²) in [5, 5.41) is 36.8. The first-order chi connectivity index (χ1) is 30.1. The maximum absolute atomic E-state index is 9.56. The van der Waals surface area contributed by atoms with Crippen molar-refractivity contribution in [3.05, 3.63) is 30.2 Å². The van der Waals surface area contributed by atoms with Crippen molar-refractivity contribution in [3.8, 4) is 12.1 Å². The van der Waals surface area contributed by atoms with Gasteiger partial charge in [0.1, 0.15) is 18.0 Å². The van der Waals surface area contributed by atoms with Crippen molar-refractivity contribution in [2.75, 3.05) is 45.4 Å². The highest BCUT2D eigenvalue weighted by molar-refractivity contribution is 5.44. The summed E-state index contributed by atoms with van der Waals surface area (Å²) < 4.78 is 14.8. The average molecular weight is 854 g/mol. The normalized spacial score (nSPS) is 12.2. The number of aromatic nitrogens is 4. The third kappa shape index (κ3) is 30.7. The summed E-state index contributed by atoms with van der Waals surface area (Å²) in [4.78, 5) is 7.91. The van der Waals surface area contributed by atoms with Crippen molar-refractivity contribution < 1.29 is 19.7 Å². The smallest absolute Gasteiger partial charge is 0.182 e. The molecule has 0 aliphatic rings. The molecule has 11 heteroatoms. The van der Waals surface area contributed by atoms with Crippen molar-refractivity contribution in [3.63, 3.8) is 0 Å². The second-order valence-corrected chi connectivity index (χ2v) is 17.2. The molecular weight excluding hydrogens is 763 g/mol. The molecule has 0 aliphatic carbocycles. The van der Waals surface area contributed by atoms with Crippen molar-refractivity contribution >= 4 is 5.82 Å². The zero-order chi connectivity index (χ0) is 44.3. The third-order valence-electron chi connectivity index (χ3n) is 11.8. The molecule has 2 aromatic rings. The van der Waals surface area contributed by atoms with Gasteiger partial charge >= 0.3 is 0 Å². The van der Waals surface area contributed by atoms with Gasteiger partial charge in [0, 0.05) is 19.4 Å². The largest absolute Gasteiger partial charge is 0.394 e. The second-order valence-electron chi connectivity index (χ2n) is 17.2. The van der Waals surface area contributed by atoms with Crippen LogP contribution in [0.25, 0.3) is 0 Å². The standard InChI is InChI=1S/C25H46N4O2.C25H45N3O2/c1-2-3-4-5-6-7-8-9-10-11-12-13-14-15-16-17-18-31-21-23(20-30)29-22-28-24(19-26)25(29)27;1-2-3-4-5-6-7-8-9-10-11-12-13-14-15-16-17-18-30-22-25(21-29)28-20-24(19-26)27-23-28/h22-23,30H,2-18,20-21,27H2,1H3;20,23,25,29H,2-18,21-22H2,1H3/t23-;25-/m00/s1. The van der Waals surface area contributed by atoms with Gasteiger partial charge in [-0.15, -0.1) is 0 Å². The fourth-order valence-corrected chi connectivity index (χ4v) is 7.74. The molecule has 2 aromatic heterocycles. The molecule has 4 N–H and O–H groups in total. The Hall–Kier alpha value is -2.96. The minimum absolute atomic E-state index is 0.0137. The number of nitriles is 2. The zero-order valence-corrected chi connectivity index (χ0v) is 39.2. The number of unbranched alkanes of at least 4 members (excludes halogenated alkanes) is 30. The summed E-state index contributed by atoms with van der Waals surface area (Å²) in [6, 6.07) is 3.48. The Bertz CT molecular complexity index is 1320. The number of anilines is 1. The topological polar surface area (TPSA) is 168 Å². The lowest BCUT2D eigenvalue weighted by Gasteiger charge is -2.17. The van der Waals surface area contributed by atoms with Gasteiger partial charge in [0.2, 0.25) is 0 Å². The number of nitrogens with two attached hydrogens (primary N) is 1. The summed E-state index contributed by atoms with van der Waals surface area (Å²) in [5.41, 5.74) is 6.43. The molecule has 0 spiro atoms. The summed E-state index contributed by atoms with van der Waals surface area (Å²) in [5.74, 6) is 0.285. The monoisotopic (exact) mass is 854 g/mol. The number of hydrogen-bond acceptors (Lipinski definition) is 9. The van der Waals surface area contributed by atoms with Crippen LogP contribution in [-0.4, -0.2) is 69.0 Å². The van der Waals surface area contributed by atoms with E-state index in [1.807, 2.05) is 12.1 Å². The van der Waals surface area contributed by atoms with Crippen LogP contribution in [0.5, 0.6) is 0 Å². The van der Waals surface area contributed by atoms with E-state index in [2.05, 4.69) is 23.8 Å². The molecule has 11 nitrogen and oxygen atoms in total. The summed E-state index contributed by atoms with van der Waals surface area (Å²) in [6.07, 6.45) is 48.3. The lowest BCUT2D eigenvalue weighted by Crippen LogP contribution is -2.20. The molecule has 0 aromatic carbocycles. The lowest BCUT2D eigenvalue weighted by molar-refractivity contribution is 0.0746. The molecule has 0 radical (unpaired) electrons. The third-order valence-corrected chi connectivity index (χ3v) is 11.8. The van der Waals surface area contributed by atoms with Crippen LogP contribution in [0.15, 0.2) is 18.9 Å². The van der Waals surface area contributed by atoms with Gasteiger partial charge < -0.3 is 34.6 Å². The van der Waals surface area contributed by atoms with Gasteiger partial charge in [0.15, 0.2) is 11.4 Å². The van der Waals surface area contributed by atoms with Gasteiger partial charge in [0.25, 0.3) is 0 Å². The Labute approximate surface area is 373 Å². The number of aliphatic hydroxyl groups excluding tert-OH is 2. The fourth-order valence-electron chi connectivity index (χ4n) is 7.74. The Morgan fingerprint density at radius 3 is 1.20 bits per heavy atom. The van der Waals surface area contributed by atoms with Crippen molar-refractivity contribution in [1.29, 1.82) is 10.5 Å². The molecule has 2 heterocycles. The predicted octanol–water partition coefficient (Wildman–Crippen LogP) is 12.7. The van der Waals surface area contributed by atoms with Gasteiger partial charge in [-0.2, -0.15) is 10.5 Å². The van der Waals surface area contributed by atoms with Crippen LogP contribution in [0.4, 0.5) is 5.82 Å². The van der Waals surface area contributed by atoms with Crippen LogP contribution >= 0.6 is 0 Å².